The van der Waals surface area contributed by atoms with Crippen LogP contribution in [0.4, 0.5) is 0 Å². The molecule has 0 aromatic heterocycles. The number of halogens is 4. The van der Waals surface area contributed by atoms with E-state index in [9.17, 15) is 0 Å². The van der Waals surface area contributed by atoms with Crippen LogP contribution in [-0.2, 0) is 0 Å². The summed E-state index contributed by atoms with van der Waals surface area (Å²) in [6.07, 6.45) is 6.03. The summed E-state index contributed by atoms with van der Waals surface area (Å²) in [5.41, 5.74) is 2.89. The fraction of sp³-hybridized carbons (Fsp3) is 0.667. The van der Waals surface area contributed by atoms with Crippen molar-refractivity contribution in [3.63, 3.8) is 0 Å². The van der Waals surface area contributed by atoms with Crippen LogP contribution < -0.4 is 0 Å². The van der Waals surface area contributed by atoms with E-state index >= 15 is 0 Å². The van der Waals surface area contributed by atoms with E-state index < -0.39 is 0 Å². The lowest BCUT2D eigenvalue weighted by Gasteiger charge is -2.27. The predicted molar refractivity (Wildman–Crippen MR) is 216 cm³/mol. The number of hydrogen-bond acceptors (Lipinski definition) is 0. The van der Waals surface area contributed by atoms with Crippen LogP contribution in [0.2, 0.25) is 0 Å². The fourth-order valence-electron chi connectivity index (χ4n) is 4.04. The van der Waals surface area contributed by atoms with E-state index in [1.807, 2.05) is 0 Å². The van der Waals surface area contributed by atoms with Gasteiger partial charge in [-0.2, -0.15) is 0 Å². The molecule has 4 heteroatoms. The average molecular weight is 827 g/mol. The van der Waals surface area contributed by atoms with Crippen LogP contribution in [0.25, 0.3) is 0 Å². The largest absolute Gasteiger partial charge is 0.0916 e. The Hall–Kier alpha value is 0.360. The van der Waals surface area contributed by atoms with Crippen molar-refractivity contribution in [2.24, 2.45) is 5.92 Å². The Morgan fingerprint density at radius 3 is 1.20 bits per heavy atom. The molecule has 2 aromatic carbocycles. The maximum atomic E-state index is 3.99. The Balaban J connectivity index is -0.000000137. The molecular formula is C36H74Br4. The van der Waals surface area contributed by atoms with Crippen LogP contribution in [0.3, 0.4) is 0 Å². The molecule has 246 valence electrons. The zero-order valence-corrected chi connectivity index (χ0v) is 24.3. The summed E-state index contributed by atoms with van der Waals surface area (Å²) >= 11 is 15.6. The molecule has 6 unspecified atom stereocenters. The maximum absolute atomic E-state index is 3.99. The van der Waals surface area contributed by atoms with Gasteiger partial charge in [-0.1, -0.05) is 212 Å². The van der Waals surface area contributed by atoms with Crippen LogP contribution in [0, 0.1) is 5.92 Å². The zero-order valence-electron chi connectivity index (χ0n) is 18.0. The molecule has 0 fully saturated rings. The molecule has 0 saturated carbocycles. The Labute approximate surface area is 291 Å². The molecule has 0 nitrogen and oxygen atoms in total. The highest BCUT2D eigenvalue weighted by Crippen LogP contribution is 2.35. The van der Waals surface area contributed by atoms with Crippen molar-refractivity contribution in [3.05, 3.63) is 71.8 Å². The second-order valence-corrected chi connectivity index (χ2v) is 12.7. The Morgan fingerprint density at radius 2 is 0.825 bits per heavy atom. The number of benzene rings is 2. The first-order valence-electron chi connectivity index (χ1n) is 11.0. The van der Waals surface area contributed by atoms with Gasteiger partial charge in [0.15, 0.2) is 0 Å². The molecule has 0 aliphatic carbocycles. The van der Waals surface area contributed by atoms with Crippen molar-refractivity contribution in [1.82, 2.24) is 0 Å². The fourth-order valence-corrected chi connectivity index (χ4v) is 6.10. The zero-order chi connectivity index (χ0) is 21.9. The van der Waals surface area contributed by atoms with Crippen LogP contribution in [0.5, 0.6) is 0 Å². The van der Waals surface area contributed by atoms with Crippen molar-refractivity contribution >= 4 is 63.7 Å². The lowest BCUT2D eigenvalue weighted by Crippen LogP contribution is -2.22. The van der Waals surface area contributed by atoms with Gasteiger partial charge in [0.25, 0.3) is 0 Å². The minimum Gasteiger partial charge on any atom is -0.0916 e. The van der Waals surface area contributed by atoms with Gasteiger partial charge in [0, 0.05) is 19.8 Å². The van der Waals surface area contributed by atoms with Crippen molar-refractivity contribution < 1.29 is 0 Å². The van der Waals surface area contributed by atoms with E-state index in [1.54, 1.807) is 0 Å². The number of hydrogen-bond donors (Lipinski definition) is 0. The highest BCUT2D eigenvalue weighted by molar-refractivity contribution is 9.12. The molecule has 0 saturated heterocycles. The molecule has 6 atom stereocenters. The second-order valence-electron chi connectivity index (χ2n) is 8.48. The van der Waals surface area contributed by atoms with E-state index in [1.165, 1.54) is 43.2 Å². The predicted octanol–water partition coefficient (Wildman–Crippen LogP) is 16.2. The van der Waals surface area contributed by atoms with E-state index in [0.29, 0.717) is 32.2 Å². The smallest absolute Gasteiger partial charge is 0.0271 e. The summed E-state index contributed by atoms with van der Waals surface area (Å²) in [6, 6.07) is 21.8. The highest BCUT2D eigenvalue weighted by Gasteiger charge is 2.24. The summed E-state index contributed by atoms with van der Waals surface area (Å²) < 4.78 is 0. The molecular weight excluding hydrogens is 752 g/mol. The van der Waals surface area contributed by atoms with Crippen molar-refractivity contribution in [1.29, 1.82) is 0 Å². The van der Waals surface area contributed by atoms with Gasteiger partial charge in [0.1, 0.15) is 0 Å². The van der Waals surface area contributed by atoms with Gasteiger partial charge in [0.2, 0.25) is 0 Å². The van der Waals surface area contributed by atoms with Crippen LogP contribution >= 0.6 is 63.7 Å². The van der Waals surface area contributed by atoms with Crippen molar-refractivity contribution in [2.45, 2.75) is 147 Å². The first-order chi connectivity index (χ1) is 14.4. The minimum atomic E-state index is 0. The van der Waals surface area contributed by atoms with Gasteiger partial charge in [-0.05, 0) is 61.0 Å². The third-order valence-corrected chi connectivity index (χ3v) is 11.7. The van der Waals surface area contributed by atoms with E-state index in [-0.39, 0.29) is 74.3 Å². The normalized spacial score (nSPS) is 13.2. The minimum absolute atomic E-state index is 0. The molecule has 2 aromatic rings. The molecule has 0 N–H and O–H groups in total. The monoisotopic (exact) mass is 822 g/mol. The second kappa shape index (κ2) is 35.6. The first kappa shape index (κ1) is 63.6. The molecule has 0 amide bonds. The molecule has 0 aliphatic heterocycles. The highest BCUT2D eigenvalue weighted by atomic mass is 79.9. The quantitative estimate of drug-likeness (QED) is 0.177. The SMILES string of the molecule is C.C.C.C.C.C.C.C.C.C.CC(CCC(Br)C(Br)CCC(CC(C)c1ccccc1)C(Br)CBr)c1ccccc1. The lowest BCUT2D eigenvalue weighted by molar-refractivity contribution is 0.407. The third-order valence-electron chi connectivity index (χ3n) is 6.13. The summed E-state index contributed by atoms with van der Waals surface area (Å²) in [6.45, 7) is 4.70. The van der Waals surface area contributed by atoms with Gasteiger partial charge in [0.05, 0.1) is 0 Å². The van der Waals surface area contributed by atoms with Crippen molar-refractivity contribution in [2.75, 3.05) is 5.33 Å². The Morgan fingerprint density at radius 1 is 0.475 bits per heavy atom. The van der Waals surface area contributed by atoms with Crippen LogP contribution in [-0.4, -0.2) is 19.8 Å². The number of alkyl halides is 4. The molecule has 0 aliphatic rings. The van der Waals surface area contributed by atoms with E-state index in [0.717, 1.165) is 5.33 Å². The summed E-state index contributed by atoms with van der Waals surface area (Å²) in [7, 11) is 0. The van der Waals surface area contributed by atoms with Gasteiger partial charge in [-0.15, -0.1) is 0 Å². The van der Waals surface area contributed by atoms with E-state index in [2.05, 4.69) is 138 Å². The molecule has 0 bridgehead atoms. The van der Waals surface area contributed by atoms with Gasteiger partial charge in [-0.3, -0.25) is 0 Å². The van der Waals surface area contributed by atoms with Gasteiger partial charge in [-0.25, -0.2) is 0 Å². The van der Waals surface area contributed by atoms with Gasteiger partial charge >= 0.3 is 0 Å². The van der Waals surface area contributed by atoms with Crippen LogP contribution in [0.15, 0.2) is 60.7 Å². The molecule has 40 heavy (non-hydrogen) atoms. The lowest BCUT2D eigenvalue weighted by atomic mass is 9.85. The third kappa shape index (κ3) is 22.9. The Kier molecular flexibility index (Phi) is 56.5. The molecule has 0 radical (unpaired) electrons. The Bertz CT molecular complexity index is 692. The average Bonchev–Trinajstić information content (AvgIpc) is 2.80. The standard InChI is InChI=1S/C26H34Br4.10CH4/c1-19(21-9-5-3-6-10-21)13-15-24(28)25(29)16-14-23(26(30)18-27)17-20(2)22-11-7-4-8-12-22;;;;;;;;;;/h3-12,19-20,23-26H,13-18H2,1-2H3;10*1H4. The van der Waals surface area contributed by atoms with Gasteiger partial charge < -0.3 is 0 Å². The summed E-state index contributed by atoms with van der Waals surface area (Å²) in [4.78, 5) is 1.52. The summed E-state index contributed by atoms with van der Waals surface area (Å²) in [5, 5.41) is 0.998. The van der Waals surface area contributed by atoms with Crippen LogP contribution in [0.1, 0.15) is 143 Å². The van der Waals surface area contributed by atoms with Crippen molar-refractivity contribution in [3.8, 4) is 0 Å². The molecule has 0 heterocycles. The topological polar surface area (TPSA) is 0 Å². The summed E-state index contributed by atoms with van der Waals surface area (Å²) in [5.74, 6) is 1.84. The first-order valence-corrected chi connectivity index (χ1v) is 14.9. The molecule has 2 rings (SSSR count). The van der Waals surface area contributed by atoms with E-state index in [4.69, 9.17) is 0 Å². The maximum Gasteiger partial charge on any atom is 0.0271 e. The molecule has 0 spiro atoms. The number of rotatable bonds is 13.